The van der Waals surface area contributed by atoms with Crippen LogP contribution in [0.25, 0.3) is 11.2 Å². The van der Waals surface area contributed by atoms with Crippen molar-refractivity contribution in [3.05, 3.63) is 12.7 Å². The van der Waals surface area contributed by atoms with Gasteiger partial charge in [0.1, 0.15) is 24.6 Å². The summed E-state index contributed by atoms with van der Waals surface area (Å²) in [5, 5.41) is 32.0. The van der Waals surface area contributed by atoms with Gasteiger partial charge in [-0.1, -0.05) is 5.92 Å². The lowest BCUT2D eigenvalue weighted by atomic mass is 10.1. The van der Waals surface area contributed by atoms with E-state index in [0.717, 1.165) is 0 Å². The van der Waals surface area contributed by atoms with Crippen LogP contribution < -0.4 is 5.32 Å². The highest BCUT2D eigenvalue weighted by Gasteiger charge is 2.43. The van der Waals surface area contributed by atoms with Crippen molar-refractivity contribution in [2.45, 2.75) is 24.5 Å². The molecule has 0 aromatic carbocycles. The molecule has 1 saturated heterocycles. The molecular weight excluding hydrogens is 290 g/mol. The zero-order valence-corrected chi connectivity index (χ0v) is 11.5. The Labute approximate surface area is 125 Å². The zero-order valence-electron chi connectivity index (χ0n) is 11.5. The Kier molecular flexibility index (Phi) is 3.91. The van der Waals surface area contributed by atoms with E-state index in [4.69, 9.17) is 16.3 Å². The molecule has 1 aliphatic rings. The lowest BCUT2D eigenvalue weighted by Gasteiger charge is -2.16. The monoisotopic (exact) mass is 305 g/mol. The third-order valence-corrected chi connectivity index (χ3v) is 3.51. The fraction of sp³-hybridized carbons (Fsp3) is 0.462. The molecule has 0 amide bonds. The largest absolute Gasteiger partial charge is 0.394 e. The first-order valence-corrected chi connectivity index (χ1v) is 6.64. The van der Waals surface area contributed by atoms with Crippen LogP contribution in [-0.4, -0.2) is 66.3 Å². The van der Waals surface area contributed by atoms with E-state index in [2.05, 4.69) is 26.2 Å². The van der Waals surface area contributed by atoms with Gasteiger partial charge in [-0.2, -0.15) is 0 Å². The minimum absolute atomic E-state index is 0.285. The highest BCUT2D eigenvalue weighted by atomic mass is 16.6. The number of terminal acetylenes is 1. The minimum atomic E-state index is -1.20. The number of fused-ring (bicyclic) bond motifs is 1. The number of nitrogens with zero attached hydrogens (tertiary/aromatic N) is 4. The molecule has 3 rings (SSSR count). The van der Waals surface area contributed by atoms with E-state index in [0.29, 0.717) is 17.0 Å². The zero-order chi connectivity index (χ0) is 15.7. The van der Waals surface area contributed by atoms with Crippen LogP contribution in [0.2, 0.25) is 0 Å². The van der Waals surface area contributed by atoms with Crippen molar-refractivity contribution in [3.63, 3.8) is 0 Å². The third-order valence-electron chi connectivity index (χ3n) is 3.51. The van der Waals surface area contributed by atoms with Gasteiger partial charge >= 0.3 is 0 Å². The summed E-state index contributed by atoms with van der Waals surface area (Å²) in [5.74, 6) is 2.90. The number of nitrogens with one attached hydrogen (secondary N) is 1. The summed E-state index contributed by atoms with van der Waals surface area (Å²) < 4.78 is 6.96. The number of aliphatic hydroxyl groups excluding tert-OH is 3. The highest BCUT2D eigenvalue weighted by molar-refractivity contribution is 5.82. The molecule has 116 valence electrons. The van der Waals surface area contributed by atoms with Crippen LogP contribution in [-0.2, 0) is 4.74 Å². The predicted molar refractivity (Wildman–Crippen MR) is 75.7 cm³/mol. The van der Waals surface area contributed by atoms with Crippen molar-refractivity contribution in [3.8, 4) is 12.3 Å². The smallest absolute Gasteiger partial charge is 0.167 e. The second kappa shape index (κ2) is 5.86. The molecule has 0 unspecified atom stereocenters. The van der Waals surface area contributed by atoms with Crippen molar-refractivity contribution in [1.82, 2.24) is 19.5 Å². The number of aliphatic hydroxyl groups is 3. The molecule has 0 saturated carbocycles. The number of aromatic nitrogens is 4. The maximum absolute atomic E-state index is 10.1. The maximum atomic E-state index is 10.1. The van der Waals surface area contributed by atoms with Gasteiger partial charge in [0.2, 0.25) is 0 Å². The number of hydrogen-bond acceptors (Lipinski definition) is 8. The standard InChI is InChI=1S/C13H15N5O4/c1-2-3-14-11-8-12(16-5-15-11)18(6-17-8)13-10(21)9(20)7(4-19)22-13/h1,5-7,9-10,13,19-21H,3-4H2,(H,14,15,16)/t7-,9+,10-,13-/m0/s1. The molecule has 4 atom stereocenters. The Balaban J connectivity index is 1.97. The molecule has 9 heteroatoms. The Hall–Kier alpha value is -2.25. The first-order chi connectivity index (χ1) is 10.7. The van der Waals surface area contributed by atoms with E-state index in [1.165, 1.54) is 17.2 Å². The van der Waals surface area contributed by atoms with Crippen molar-refractivity contribution in [2.24, 2.45) is 0 Å². The first kappa shape index (κ1) is 14.7. The summed E-state index contributed by atoms with van der Waals surface area (Å²) in [6.07, 6.45) is 3.82. The van der Waals surface area contributed by atoms with Crippen molar-refractivity contribution in [1.29, 1.82) is 0 Å². The van der Waals surface area contributed by atoms with Crippen molar-refractivity contribution < 1.29 is 20.1 Å². The lowest BCUT2D eigenvalue weighted by Crippen LogP contribution is -2.33. The summed E-state index contributed by atoms with van der Waals surface area (Å²) in [4.78, 5) is 12.4. The molecule has 4 N–H and O–H groups in total. The number of hydrogen-bond donors (Lipinski definition) is 4. The van der Waals surface area contributed by atoms with Gasteiger partial charge in [-0.05, 0) is 0 Å². The van der Waals surface area contributed by atoms with Crippen LogP contribution in [0.5, 0.6) is 0 Å². The van der Waals surface area contributed by atoms with Crippen molar-refractivity contribution in [2.75, 3.05) is 18.5 Å². The Morgan fingerprint density at radius 1 is 1.32 bits per heavy atom. The predicted octanol–water partition coefficient (Wildman–Crippen LogP) is -1.52. The summed E-state index contributed by atoms with van der Waals surface area (Å²) >= 11 is 0. The molecule has 1 aliphatic heterocycles. The fourth-order valence-corrected chi connectivity index (χ4v) is 2.41. The van der Waals surface area contributed by atoms with Gasteiger partial charge in [0, 0.05) is 0 Å². The summed E-state index contributed by atoms with van der Waals surface area (Å²) in [6.45, 7) is -0.113. The fourth-order valence-electron chi connectivity index (χ4n) is 2.41. The van der Waals surface area contributed by atoms with Gasteiger partial charge < -0.3 is 25.4 Å². The van der Waals surface area contributed by atoms with E-state index < -0.39 is 31.1 Å². The minimum Gasteiger partial charge on any atom is -0.394 e. The van der Waals surface area contributed by atoms with Crippen LogP contribution >= 0.6 is 0 Å². The molecular formula is C13H15N5O4. The maximum Gasteiger partial charge on any atom is 0.167 e. The van der Waals surface area contributed by atoms with Gasteiger partial charge in [0.25, 0.3) is 0 Å². The molecule has 2 aromatic heterocycles. The molecule has 1 fully saturated rings. The Bertz CT molecular complexity index is 712. The van der Waals surface area contributed by atoms with Crippen LogP contribution in [0.3, 0.4) is 0 Å². The second-order valence-corrected chi connectivity index (χ2v) is 4.83. The third kappa shape index (κ3) is 2.28. The van der Waals surface area contributed by atoms with E-state index in [1.807, 2.05) is 0 Å². The SMILES string of the molecule is C#CCNc1ncnc2c1ncn2[C@H]1O[C@@H](CO)[C@@H](O)[C@@H]1O. The van der Waals surface area contributed by atoms with E-state index in [9.17, 15) is 10.2 Å². The van der Waals surface area contributed by atoms with Gasteiger partial charge in [0.15, 0.2) is 23.2 Å². The molecule has 0 spiro atoms. The van der Waals surface area contributed by atoms with Gasteiger partial charge in [-0.25, -0.2) is 15.0 Å². The highest BCUT2D eigenvalue weighted by Crippen LogP contribution is 2.31. The topological polar surface area (TPSA) is 126 Å². The Morgan fingerprint density at radius 2 is 2.14 bits per heavy atom. The molecule has 0 aliphatic carbocycles. The van der Waals surface area contributed by atoms with Gasteiger partial charge in [-0.3, -0.25) is 4.57 Å². The number of imidazole rings is 1. The molecule has 9 nitrogen and oxygen atoms in total. The van der Waals surface area contributed by atoms with E-state index >= 15 is 0 Å². The van der Waals surface area contributed by atoms with Crippen LogP contribution in [0.1, 0.15) is 6.23 Å². The summed E-state index contributed by atoms with van der Waals surface area (Å²) in [5.41, 5.74) is 0.889. The van der Waals surface area contributed by atoms with E-state index in [1.54, 1.807) is 0 Å². The van der Waals surface area contributed by atoms with Gasteiger partial charge in [0.05, 0.1) is 19.5 Å². The average molecular weight is 305 g/mol. The van der Waals surface area contributed by atoms with Gasteiger partial charge in [-0.15, -0.1) is 6.42 Å². The Morgan fingerprint density at radius 3 is 2.82 bits per heavy atom. The molecule has 3 heterocycles. The number of ether oxygens (including phenoxy) is 1. The summed E-state index contributed by atoms with van der Waals surface area (Å²) in [7, 11) is 0. The number of anilines is 1. The van der Waals surface area contributed by atoms with Crippen LogP contribution in [0.15, 0.2) is 12.7 Å². The van der Waals surface area contributed by atoms with E-state index in [-0.39, 0.29) is 6.54 Å². The van der Waals surface area contributed by atoms with Crippen molar-refractivity contribution >= 4 is 17.0 Å². The summed E-state index contributed by atoms with van der Waals surface area (Å²) in [6, 6.07) is 0. The first-order valence-electron chi connectivity index (χ1n) is 6.64. The normalized spacial score (nSPS) is 27.9. The average Bonchev–Trinajstić information content (AvgIpc) is 3.08. The molecule has 22 heavy (non-hydrogen) atoms. The molecule has 2 aromatic rings. The van der Waals surface area contributed by atoms with Crippen LogP contribution in [0, 0.1) is 12.3 Å². The van der Waals surface area contributed by atoms with Crippen LogP contribution in [0.4, 0.5) is 5.82 Å². The quantitative estimate of drug-likeness (QED) is 0.502. The number of rotatable bonds is 4. The molecule has 0 radical (unpaired) electrons. The second-order valence-electron chi connectivity index (χ2n) is 4.83. The molecule has 0 bridgehead atoms. The lowest BCUT2D eigenvalue weighted by molar-refractivity contribution is -0.0511.